The molecule has 2 N–H and O–H groups in total. The fraction of sp³-hybridized carbons (Fsp3) is 0.273. The van der Waals surface area contributed by atoms with E-state index in [0.717, 1.165) is 24.2 Å². The minimum Gasteiger partial charge on any atom is -0.383 e. The first kappa shape index (κ1) is 18.5. The second-order valence-corrected chi connectivity index (χ2v) is 7.84. The van der Waals surface area contributed by atoms with E-state index in [1.54, 1.807) is 10.7 Å². The molecule has 152 valence electrons. The zero-order valence-corrected chi connectivity index (χ0v) is 16.8. The van der Waals surface area contributed by atoms with Crippen LogP contribution in [0.5, 0.6) is 0 Å². The van der Waals surface area contributed by atoms with Crippen molar-refractivity contribution in [1.29, 1.82) is 0 Å². The van der Waals surface area contributed by atoms with Gasteiger partial charge in [-0.05, 0) is 30.0 Å². The summed E-state index contributed by atoms with van der Waals surface area (Å²) in [5, 5.41) is 11.5. The van der Waals surface area contributed by atoms with Gasteiger partial charge in [0.2, 0.25) is 5.95 Å². The summed E-state index contributed by atoms with van der Waals surface area (Å²) >= 11 is 0. The Labute approximate surface area is 173 Å². The van der Waals surface area contributed by atoms with E-state index in [1.807, 2.05) is 18.3 Å². The zero-order chi connectivity index (χ0) is 20.7. The van der Waals surface area contributed by atoms with Gasteiger partial charge in [-0.1, -0.05) is 32.0 Å². The van der Waals surface area contributed by atoms with Gasteiger partial charge in [0, 0.05) is 29.6 Å². The monoisotopic (exact) mass is 403 g/mol. The van der Waals surface area contributed by atoms with E-state index in [9.17, 15) is 4.39 Å². The summed E-state index contributed by atoms with van der Waals surface area (Å²) in [7, 11) is 0. The van der Waals surface area contributed by atoms with Crippen molar-refractivity contribution in [2.45, 2.75) is 32.2 Å². The highest BCUT2D eigenvalue weighted by Crippen LogP contribution is 2.26. The van der Waals surface area contributed by atoms with Gasteiger partial charge in [-0.3, -0.25) is 4.98 Å². The van der Waals surface area contributed by atoms with Crippen molar-refractivity contribution in [3.8, 4) is 11.4 Å². The van der Waals surface area contributed by atoms with Crippen LogP contribution in [0.3, 0.4) is 0 Å². The minimum atomic E-state index is -0.420. The molecule has 1 aliphatic heterocycles. The van der Waals surface area contributed by atoms with Crippen LogP contribution in [0.4, 0.5) is 16.0 Å². The van der Waals surface area contributed by atoms with Gasteiger partial charge in [0.15, 0.2) is 11.5 Å². The molecule has 0 unspecified atom stereocenters. The van der Waals surface area contributed by atoms with Crippen LogP contribution < -0.4 is 10.6 Å². The number of nitrogens with zero attached hydrogens (tertiary/aromatic N) is 5. The Bertz CT molecular complexity index is 1220. The highest BCUT2D eigenvalue weighted by molar-refractivity contribution is 5.62. The summed E-state index contributed by atoms with van der Waals surface area (Å²) in [4.78, 5) is 13.3. The van der Waals surface area contributed by atoms with Crippen LogP contribution in [0.25, 0.3) is 17.0 Å². The van der Waals surface area contributed by atoms with E-state index >= 15 is 0 Å². The van der Waals surface area contributed by atoms with Crippen LogP contribution in [0.15, 0.2) is 48.9 Å². The lowest BCUT2D eigenvalue weighted by Crippen LogP contribution is -2.35. The number of hydrogen-bond donors (Lipinski definition) is 2. The van der Waals surface area contributed by atoms with Gasteiger partial charge in [-0.25, -0.2) is 9.37 Å². The molecule has 0 saturated heterocycles. The highest BCUT2D eigenvalue weighted by atomic mass is 19.1. The molecule has 1 aliphatic rings. The maximum atomic E-state index is 13.8. The van der Waals surface area contributed by atoms with Gasteiger partial charge in [0.05, 0.1) is 18.4 Å². The number of fused-ring (bicyclic) bond motifs is 2. The lowest BCUT2D eigenvalue weighted by atomic mass is 10.00. The number of pyridine rings is 1. The Morgan fingerprint density at radius 1 is 1.17 bits per heavy atom. The summed E-state index contributed by atoms with van der Waals surface area (Å²) in [5.74, 6) is 0.823. The summed E-state index contributed by atoms with van der Waals surface area (Å²) in [5.41, 5.74) is 4.67. The van der Waals surface area contributed by atoms with Gasteiger partial charge in [-0.2, -0.15) is 14.6 Å². The number of para-hydroxylation sites is 1. The number of benzene rings is 1. The van der Waals surface area contributed by atoms with E-state index < -0.39 is 5.82 Å². The number of rotatable bonds is 4. The normalized spacial score (nSPS) is 15.8. The second-order valence-electron chi connectivity index (χ2n) is 7.84. The lowest BCUT2D eigenvalue weighted by molar-refractivity contribution is 0.621. The van der Waals surface area contributed by atoms with E-state index in [-0.39, 0.29) is 12.0 Å². The quantitative estimate of drug-likeness (QED) is 0.538. The topological polar surface area (TPSA) is 80.0 Å². The Hall–Kier alpha value is -3.55. The van der Waals surface area contributed by atoms with Gasteiger partial charge in [0.1, 0.15) is 5.82 Å². The van der Waals surface area contributed by atoms with E-state index in [2.05, 4.69) is 56.7 Å². The second kappa shape index (κ2) is 7.37. The third-order valence-electron chi connectivity index (χ3n) is 5.34. The van der Waals surface area contributed by atoms with Crippen molar-refractivity contribution in [3.63, 3.8) is 0 Å². The molecule has 0 radical (unpaired) electrons. The van der Waals surface area contributed by atoms with E-state index in [1.165, 1.54) is 17.8 Å². The first-order valence-corrected chi connectivity index (χ1v) is 10.0. The summed E-state index contributed by atoms with van der Waals surface area (Å²) in [6.45, 7) is 4.95. The van der Waals surface area contributed by atoms with Crippen molar-refractivity contribution in [1.82, 2.24) is 24.6 Å². The van der Waals surface area contributed by atoms with Crippen LogP contribution in [0.1, 0.15) is 30.9 Å². The zero-order valence-electron chi connectivity index (χ0n) is 16.8. The van der Waals surface area contributed by atoms with Gasteiger partial charge < -0.3 is 10.6 Å². The summed E-state index contributed by atoms with van der Waals surface area (Å²) in [6.07, 6.45) is 5.43. The molecule has 1 atom stereocenters. The van der Waals surface area contributed by atoms with Crippen molar-refractivity contribution in [2.24, 2.45) is 0 Å². The van der Waals surface area contributed by atoms with Gasteiger partial charge >= 0.3 is 0 Å². The molecule has 3 aromatic heterocycles. The molecule has 5 rings (SSSR count). The number of nitrogens with one attached hydrogen (secondary N) is 2. The molecule has 0 bridgehead atoms. The summed E-state index contributed by atoms with van der Waals surface area (Å²) in [6, 6.07) is 9.81. The fourth-order valence-corrected chi connectivity index (χ4v) is 3.78. The number of anilines is 2. The molecule has 0 amide bonds. The molecule has 4 aromatic rings. The van der Waals surface area contributed by atoms with Crippen LogP contribution in [-0.2, 0) is 6.42 Å². The predicted molar refractivity (Wildman–Crippen MR) is 114 cm³/mol. The summed E-state index contributed by atoms with van der Waals surface area (Å²) < 4.78 is 15.5. The molecule has 0 aliphatic carbocycles. The Balaban J connectivity index is 1.57. The Morgan fingerprint density at radius 3 is 2.87 bits per heavy atom. The number of aromatic nitrogens is 5. The van der Waals surface area contributed by atoms with Gasteiger partial charge in [0.25, 0.3) is 0 Å². The van der Waals surface area contributed by atoms with Crippen LogP contribution in [-0.4, -0.2) is 37.2 Å². The first-order valence-electron chi connectivity index (χ1n) is 10.0. The van der Waals surface area contributed by atoms with E-state index in [4.69, 9.17) is 0 Å². The van der Waals surface area contributed by atoms with Crippen LogP contribution >= 0.6 is 0 Å². The van der Waals surface area contributed by atoms with Gasteiger partial charge in [-0.15, -0.1) is 0 Å². The predicted octanol–water partition coefficient (Wildman–Crippen LogP) is 3.90. The number of halogens is 1. The molecule has 4 heterocycles. The molecular weight excluding hydrogens is 381 g/mol. The maximum Gasteiger partial charge on any atom is 0.228 e. The smallest absolute Gasteiger partial charge is 0.228 e. The molecule has 1 aromatic carbocycles. The minimum absolute atomic E-state index is 0.128. The number of hydrogen-bond acceptors (Lipinski definition) is 6. The SMILES string of the molecule is CC(C)c1cnn2c(N[C@H]3CNc4ccccc4C3)nc(-c3cncc(F)c3)nc12. The average molecular weight is 403 g/mol. The third kappa shape index (κ3) is 3.34. The van der Waals surface area contributed by atoms with Crippen LogP contribution in [0, 0.1) is 5.82 Å². The lowest BCUT2D eigenvalue weighted by Gasteiger charge is -2.27. The fourth-order valence-electron chi connectivity index (χ4n) is 3.78. The molecule has 0 spiro atoms. The molecule has 0 fully saturated rings. The highest BCUT2D eigenvalue weighted by Gasteiger charge is 2.22. The average Bonchev–Trinajstić information content (AvgIpc) is 3.18. The molecule has 30 heavy (non-hydrogen) atoms. The van der Waals surface area contributed by atoms with Crippen molar-refractivity contribution in [2.75, 3.05) is 17.2 Å². The molecular formula is C22H22FN7. The van der Waals surface area contributed by atoms with Crippen molar-refractivity contribution >= 4 is 17.3 Å². The largest absolute Gasteiger partial charge is 0.383 e. The van der Waals surface area contributed by atoms with Crippen LogP contribution in [0.2, 0.25) is 0 Å². The third-order valence-corrected chi connectivity index (χ3v) is 5.34. The standard InChI is InChI=1S/C22H22FN7/c1-13(2)18-12-26-30-21(18)28-20(15-7-16(23)10-24-9-15)29-22(30)27-17-8-14-5-3-4-6-19(14)25-11-17/h3-7,9-10,12-13,17,25H,8,11H2,1-2H3,(H,27,28,29)/t17-/m1/s1. The Morgan fingerprint density at radius 2 is 2.03 bits per heavy atom. The van der Waals surface area contributed by atoms with Crippen molar-refractivity contribution in [3.05, 3.63) is 65.9 Å². The van der Waals surface area contributed by atoms with Crippen molar-refractivity contribution < 1.29 is 4.39 Å². The maximum absolute atomic E-state index is 13.8. The molecule has 7 nitrogen and oxygen atoms in total. The molecule has 8 heteroatoms. The van der Waals surface area contributed by atoms with E-state index in [0.29, 0.717) is 23.0 Å². The molecule has 0 saturated carbocycles. The Kier molecular flexibility index (Phi) is 4.54. The first-order chi connectivity index (χ1) is 14.6.